The summed E-state index contributed by atoms with van der Waals surface area (Å²) in [6.45, 7) is 4.33. The maximum atomic E-state index is 10.9. The van der Waals surface area contributed by atoms with Crippen molar-refractivity contribution in [3.05, 3.63) is 23.7 Å². The van der Waals surface area contributed by atoms with Gasteiger partial charge in [-0.15, -0.1) is 12.3 Å². The van der Waals surface area contributed by atoms with Gasteiger partial charge in [0.05, 0.1) is 25.6 Å². The van der Waals surface area contributed by atoms with Gasteiger partial charge in [-0.05, 0) is 19.9 Å². The smallest absolute Gasteiger partial charge is 0.333 e. The van der Waals surface area contributed by atoms with Gasteiger partial charge in [0.15, 0.2) is 0 Å². The van der Waals surface area contributed by atoms with E-state index in [4.69, 9.17) is 15.9 Å². The molecule has 0 heterocycles. The van der Waals surface area contributed by atoms with Crippen LogP contribution in [0.1, 0.15) is 20.3 Å². The average molecular weight is 238 g/mol. The number of carbonyl (C=O) groups is 1. The first-order chi connectivity index (χ1) is 8.10. The van der Waals surface area contributed by atoms with Crippen molar-refractivity contribution < 1.29 is 19.0 Å². The number of allylic oxidation sites excluding steroid dienone is 2. The lowest BCUT2D eigenvalue weighted by Gasteiger charge is -2.06. The van der Waals surface area contributed by atoms with Crippen LogP contribution in [-0.2, 0) is 19.0 Å². The lowest BCUT2D eigenvalue weighted by Crippen LogP contribution is -1.99. The molecule has 0 N–H and O–H groups in total. The largest absolute Gasteiger partial charge is 0.497 e. The summed E-state index contributed by atoms with van der Waals surface area (Å²) in [6, 6.07) is 0. The summed E-state index contributed by atoms with van der Waals surface area (Å²) in [7, 11) is 1.31. The molecule has 0 radical (unpaired) electrons. The minimum absolute atomic E-state index is 0.335. The predicted octanol–water partition coefficient (Wildman–Crippen LogP) is 2.02. The fourth-order valence-electron chi connectivity index (χ4n) is 0.887. The normalized spacial score (nSPS) is 11.6. The second-order valence-corrected chi connectivity index (χ2v) is 3.21. The maximum absolute atomic E-state index is 10.9. The Balaban J connectivity index is 3.89. The molecule has 0 atom stereocenters. The van der Waals surface area contributed by atoms with Crippen LogP contribution in [0.4, 0.5) is 0 Å². The van der Waals surface area contributed by atoms with Crippen molar-refractivity contribution in [2.75, 3.05) is 20.3 Å². The van der Waals surface area contributed by atoms with E-state index in [2.05, 4.69) is 10.7 Å². The molecular weight excluding hydrogens is 220 g/mol. The third kappa shape index (κ3) is 9.06. The van der Waals surface area contributed by atoms with E-state index in [0.29, 0.717) is 25.4 Å². The van der Waals surface area contributed by atoms with Crippen molar-refractivity contribution in [2.24, 2.45) is 0 Å². The number of methoxy groups -OCH3 is 1. The first-order valence-electron chi connectivity index (χ1n) is 5.22. The number of hydrogen-bond acceptors (Lipinski definition) is 4. The number of esters is 1. The van der Waals surface area contributed by atoms with Crippen LogP contribution < -0.4 is 0 Å². The first-order valence-corrected chi connectivity index (χ1v) is 5.22. The predicted molar refractivity (Wildman–Crippen MR) is 64.9 cm³/mol. The van der Waals surface area contributed by atoms with Crippen LogP contribution in [0.3, 0.4) is 0 Å². The number of ether oxygens (including phenoxy) is 3. The topological polar surface area (TPSA) is 44.8 Å². The highest BCUT2D eigenvalue weighted by molar-refractivity contribution is 5.82. The molecule has 0 rings (SSSR count). The minimum atomic E-state index is -0.437. The monoisotopic (exact) mass is 238 g/mol. The molecule has 0 bridgehead atoms. The fourth-order valence-corrected chi connectivity index (χ4v) is 0.887. The summed E-state index contributed by atoms with van der Waals surface area (Å²) in [5.74, 6) is 3.28. The maximum Gasteiger partial charge on any atom is 0.333 e. The van der Waals surface area contributed by atoms with Gasteiger partial charge < -0.3 is 14.2 Å². The van der Waals surface area contributed by atoms with Gasteiger partial charge in [-0.1, -0.05) is 0 Å². The lowest BCUT2D eigenvalue weighted by atomic mass is 10.4. The molecule has 94 valence electrons. The molecule has 0 saturated heterocycles. The van der Waals surface area contributed by atoms with Gasteiger partial charge in [0.2, 0.25) is 0 Å². The molecule has 0 amide bonds. The van der Waals surface area contributed by atoms with Crippen LogP contribution in [-0.4, -0.2) is 26.3 Å². The number of rotatable bonds is 7. The minimum Gasteiger partial charge on any atom is -0.497 e. The van der Waals surface area contributed by atoms with Gasteiger partial charge in [0.25, 0.3) is 0 Å². The van der Waals surface area contributed by atoms with Crippen molar-refractivity contribution in [1.82, 2.24) is 0 Å². The Morgan fingerprint density at radius 1 is 1.29 bits per heavy atom. The van der Waals surface area contributed by atoms with Crippen LogP contribution >= 0.6 is 0 Å². The van der Waals surface area contributed by atoms with Crippen LogP contribution in [0.15, 0.2) is 23.7 Å². The zero-order valence-electron chi connectivity index (χ0n) is 10.5. The number of hydrogen-bond donors (Lipinski definition) is 0. The van der Waals surface area contributed by atoms with Crippen molar-refractivity contribution in [3.8, 4) is 12.3 Å². The average Bonchev–Trinajstić information content (AvgIpc) is 2.29. The van der Waals surface area contributed by atoms with Gasteiger partial charge in [0, 0.05) is 6.42 Å². The van der Waals surface area contributed by atoms with Gasteiger partial charge in [0.1, 0.15) is 12.4 Å². The summed E-state index contributed by atoms with van der Waals surface area (Å²) in [5.41, 5.74) is 0. The van der Waals surface area contributed by atoms with Crippen LogP contribution in [0.2, 0.25) is 0 Å². The summed E-state index contributed by atoms with van der Waals surface area (Å²) >= 11 is 0. The van der Waals surface area contributed by atoms with Gasteiger partial charge in [-0.25, -0.2) is 4.79 Å². The standard InChI is InChI=1S/C13H18O4/c1-5-6-8-16-11(2)7-9-17-12(3)10-13(14)15-4/h1,7,10H,6,8-9H2,2-4H3/b11-7+,12-10+. The van der Waals surface area contributed by atoms with Crippen molar-refractivity contribution in [1.29, 1.82) is 0 Å². The van der Waals surface area contributed by atoms with E-state index in [1.807, 2.05) is 6.92 Å². The van der Waals surface area contributed by atoms with Crippen LogP contribution in [0, 0.1) is 12.3 Å². The van der Waals surface area contributed by atoms with Gasteiger partial charge in [-0.2, -0.15) is 0 Å². The SMILES string of the molecule is C#CCCO/C(C)=C/CO/C(C)=C/C(=O)OC. The zero-order valence-corrected chi connectivity index (χ0v) is 10.5. The van der Waals surface area contributed by atoms with Crippen LogP contribution in [0.25, 0.3) is 0 Å². The highest BCUT2D eigenvalue weighted by Crippen LogP contribution is 2.00. The summed E-state index contributed by atoms with van der Waals surface area (Å²) < 4.78 is 15.0. The Morgan fingerprint density at radius 2 is 2.00 bits per heavy atom. The van der Waals surface area contributed by atoms with Crippen LogP contribution in [0.5, 0.6) is 0 Å². The molecule has 0 aliphatic rings. The molecule has 0 unspecified atom stereocenters. The quantitative estimate of drug-likeness (QED) is 0.224. The highest BCUT2D eigenvalue weighted by atomic mass is 16.5. The van der Waals surface area contributed by atoms with E-state index in [0.717, 1.165) is 5.76 Å². The second-order valence-electron chi connectivity index (χ2n) is 3.21. The first kappa shape index (κ1) is 15.1. The third-order valence-corrected chi connectivity index (χ3v) is 1.78. The third-order valence-electron chi connectivity index (χ3n) is 1.78. The van der Waals surface area contributed by atoms with Crippen molar-refractivity contribution >= 4 is 5.97 Å². The summed E-state index contributed by atoms with van der Waals surface area (Å²) in [4.78, 5) is 10.9. The van der Waals surface area contributed by atoms with Crippen molar-refractivity contribution in [3.63, 3.8) is 0 Å². The lowest BCUT2D eigenvalue weighted by molar-refractivity contribution is -0.135. The summed E-state index contributed by atoms with van der Waals surface area (Å²) in [6.07, 6.45) is 8.71. The molecule has 0 aromatic carbocycles. The molecule has 0 spiro atoms. The highest BCUT2D eigenvalue weighted by Gasteiger charge is 1.96. The number of carbonyl (C=O) groups excluding carboxylic acids is 1. The van der Waals surface area contributed by atoms with E-state index in [1.54, 1.807) is 13.0 Å². The molecule has 17 heavy (non-hydrogen) atoms. The van der Waals surface area contributed by atoms with Gasteiger partial charge >= 0.3 is 5.97 Å². The van der Waals surface area contributed by atoms with E-state index < -0.39 is 5.97 Å². The molecule has 0 aromatic heterocycles. The zero-order chi connectivity index (χ0) is 13.1. The van der Waals surface area contributed by atoms with E-state index >= 15 is 0 Å². The summed E-state index contributed by atoms with van der Waals surface area (Å²) in [5, 5.41) is 0. The molecule has 0 saturated carbocycles. The molecule has 0 fully saturated rings. The second kappa shape index (κ2) is 9.34. The fraction of sp³-hybridized carbons (Fsp3) is 0.462. The molecular formula is C13H18O4. The van der Waals surface area contributed by atoms with E-state index in [1.165, 1.54) is 13.2 Å². The molecule has 0 aliphatic carbocycles. The molecule has 4 nitrogen and oxygen atoms in total. The Kier molecular flexibility index (Phi) is 8.31. The Labute approximate surface area is 102 Å². The van der Waals surface area contributed by atoms with Crippen molar-refractivity contribution in [2.45, 2.75) is 20.3 Å². The molecule has 4 heteroatoms. The van der Waals surface area contributed by atoms with E-state index in [-0.39, 0.29) is 0 Å². The molecule has 0 aliphatic heterocycles. The Morgan fingerprint density at radius 3 is 2.59 bits per heavy atom. The number of terminal acetylenes is 1. The van der Waals surface area contributed by atoms with Gasteiger partial charge in [-0.3, -0.25) is 0 Å². The Bertz CT molecular complexity index is 334. The molecule has 0 aromatic rings. The van der Waals surface area contributed by atoms with E-state index in [9.17, 15) is 4.79 Å². The Hall–Kier alpha value is -1.89.